The van der Waals surface area contributed by atoms with Gasteiger partial charge in [-0.3, -0.25) is 4.79 Å². The van der Waals surface area contributed by atoms with Crippen molar-refractivity contribution >= 4 is 17.6 Å². The maximum atomic E-state index is 13.7. The van der Waals surface area contributed by atoms with Gasteiger partial charge in [-0.15, -0.1) is 18.3 Å². The molecular weight excluding hydrogens is 675 g/mol. The van der Waals surface area contributed by atoms with Gasteiger partial charge in [-0.05, 0) is 90.8 Å². The minimum Gasteiger partial charge on any atom is -0.463 e. The van der Waals surface area contributed by atoms with Crippen molar-refractivity contribution in [3.63, 3.8) is 0 Å². The molecule has 9 nitrogen and oxygen atoms in total. The fraction of sp³-hybridized carbons (Fsp3) is 0.548. The number of benzene rings is 2. The van der Waals surface area contributed by atoms with Crippen LogP contribution in [0.5, 0.6) is 5.75 Å². The molecule has 0 spiro atoms. The monoisotopic (exact) mass is 710 g/mol. The van der Waals surface area contributed by atoms with Gasteiger partial charge in [0.05, 0.1) is 18.2 Å². The first kappa shape index (κ1) is 37.6. The number of aromatic nitrogens is 4. The molecule has 49 heavy (non-hydrogen) atoms. The Morgan fingerprint density at radius 2 is 1.53 bits per heavy atom. The first-order chi connectivity index (χ1) is 22.8. The predicted molar refractivity (Wildman–Crippen MR) is 158 cm³/mol. The number of esters is 1. The quantitative estimate of drug-likeness (QED) is 0.140. The molecule has 3 aromatic rings. The first-order valence-corrected chi connectivity index (χ1v) is 15.4. The summed E-state index contributed by atoms with van der Waals surface area (Å²) < 4.78 is 131. The Morgan fingerprint density at radius 3 is 2.04 bits per heavy atom. The summed E-state index contributed by atoms with van der Waals surface area (Å²) in [6.45, 7) is 3.28. The molecule has 2 aromatic carbocycles. The topological polar surface area (TPSA) is 85.6 Å². The van der Waals surface area contributed by atoms with Crippen molar-refractivity contribution in [3.8, 4) is 5.75 Å². The van der Waals surface area contributed by atoms with Crippen molar-refractivity contribution in [2.45, 2.75) is 83.9 Å². The lowest BCUT2D eigenvalue weighted by atomic mass is 9.86. The number of anilines is 2. The molecule has 270 valence electrons. The number of hydrogen-bond acceptors (Lipinski definition) is 8. The van der Waals surface area contributed by atoms with Crippen LogP contribution in [0.15, 0.2) is 36.4 Å². The molecular formula is C31H35F9N6O3. The normalized spacial score (nSPS) is 17.1. The van der Waals surface area contributed by atoms with Crippen LogP contribution in [0.4, 0.5) is 51.1 Å². The van der Waals surface area contributed by atoms with Gasteiger partial charge < -0.3 is 19.3 Å². The molecule has 0 atom stereocenters. The highest BCUT2D eigenvalue weighted by atomic mass is 19.4. The molecule has 0 N–H and O–H groups in total. The largest absolute Gasteiger partial charge is 0.573 e. The van der Waals surface area contributed by atoms with Crippen LogP contribution in [0.25, 0.3) is 0 Å². The summed E-state index contributed by atoms with van der Waals surface area (Å²) in [5.74, 6) is -0.993. The molecule has 1 aliphatic carbocycles. The molecule has 0 amide bonds. The Kier molecular flexibility index (Phi) is 11.6. The summed E-state index contributed by atoms with van der Waals surface area (Å²) in [4.78, 5) is 15.6. The van der Waals surface area contributed by atoms with Crippen LogP contribution in [-0.4, -0.2) is 51.7 Å². The standard InChI is InChI=1S/C31H35F9N6O3/c1-4-11-45(16-20-5-7-25(8-6-20)48-19(2)47)27-10-9-26(49-31(38,39)40)14-22(27)18-46(28-41-43-44(3)42-28)17-21-12-23(29(32,33)34)15-24(13-21)30(35,36)37/h9-10,12-15,20,25H,4-8,11,16-18H2,1-3H3. The van der Waals surface area contributed by atoms with Crippen LogP contribution >= 0.6 is 0 Å². The first-order valence-electron chi connectivity index (χ1n) is 15.4. The van der Waals surface area contributed by atoms with Crippen LogP contribution in [0.1, 0.15) is 68.2 Å². The van der Waals surface area contributed by atoms with Gasteiger partial charge in [0, 0.05) is 38.8 Å². The summed E-state index contributed by atoms with van der Waals surface area (Å²) >= 11 is 0. The molecule has 1 fully saturated rings. The van der Waals surface area contributed by atoms with Crippen molar-refractivity contribution in [1.29, 1.82) is 0 Å². The second kappa shape index (κ2) is 15.1. The number of nitrogens with zero attached hydrogens (tertiary/aromatic N) is 6. The van der Waals surface area contributed by atoms with Gasteiger partial charge in [-0.25, -0.2) is 0 Å². The van der Waals surface area contributed by atoms with Gasteiger partial charge in [0.1, 0.15) is 11.9 Å². The van der Waals surface area contributed by atoms with E-state index in [9.17, 15) is 44.3 Å². The maximum absolute atomic E-state index is 13.7. The lowest BCUT2D eigenvalue weighted by Gasteiger charge is -2.35. The summed E-state index contributed by atoms with van der Waals surface area (Å²) in [5.41, 5.74) is -2.74. The third-order valence-electron chi connectivity index (χ3n) is 7.89. The van der Waals surface area contributed by atoms with Crippen LogP contribution in [0.3, 0.4) is 0 Å². The smallest absolute Gasteiger partial charge is 0.463 e. The van der Waals surface area contributed by atoms with Crippen molar-refractivity contribution in [3.05, 3.63) is 58.7 Å². The summed E-state index contributed by atoms with van der Waals surface area (Å²) in [6.07, 6.45) is -12.1. The predicted octanol–water partition coefficient (Wildman–Crippen LogP) is 7.69. The third kappa shape index (κ3) is 10.9. The highest BCUT2D eigenvalue weighted by Crippen LogP contribution is 2.38. The number of rotatable bonds is 12. The van der Waals surface area contributed by atoms with Gasteiger partial charge in [-0.1, -0.05) is 12.0 Å². The van der Waals surface area contributed by atoms with E-state index in [4.69, 9.17) is 4.74 Å². The van der Waals surface area contributed by atoms with Gasteiger partial charge in [-0.2, -0.15) is 31.1 Å². The summed E-state index contributed by atoms with van der Waals surface area (Å²) in [5, 5.41) is 11.7. The SMILES string of the molecule is CCCN(CC1CCC(OC(C)=O)CC1)c1ccc(OC(F)(F)F)cc1CN(Cc1cc(C(F)(F)F)cc(C(F)(F)F)c1)c1nnn(C)n1. The minimum absolute atomic E-state index is 0.00675. The zero-order chi connectivity index (χ0) is 36.1. The fourth-order valence-electron chi connectivity index (χ4n) is 5.89. The average molecular weight is 711 g/mol. The van der Waals surface area contributed by atoms with E-state index in [1.165, 1.54) is 24.9 Å². The molecule has 0 saturated heterocycles. The van der Waals surface area contributed by atoms with Crippen LogP contribution in [-0.2, 0) is 42.0 Å². The molecule has 1 aromatic heterocycles. The van der Waals surface area contributed by atoms with E-state index in [-0.39, 0.29) is 42.1 Å². The number of halogens is 9. The van der Waals surface area contributed by atoms with E-state index >= 15 is 0 Å². The highest BCUT2D eigenvalue weighted by molar-refractivity contribution is 5.66. The second-order valence-corrected chi connectivity index (χ2v) is 11.9. The Hall–Kier alpha value is -4.25. The van der Waals surface area contributed by atoms with Gasteiger partial charge in [0.25, 0.3) is 5.95 Å². The molecule has 0 unspecified atom stereocenters. The number of alkyl halides is 9. The lowest BCUT2D eigenvalue weighted by Crippen LogP contribution is -2.35. The molecule has 0 radical (unpaired) electrons. The van der Waals surface area contributed by atoms with Crippen LogP contribution in [0, 0.1) is 5.92 Å². The highest BCUT2D eigenvalue weighted by Gasteiger charge is 2.37. The van der Waals surface area contributed by atoms with Crippen molar-refractivity contribution < 1.29 is 53.8 Å². The molecule has 1 heterocycles. The van der Waals surface area contributed by atoms with Gasteiger partial charge >= 0.3 is 24.7 Å². The fourth-order valence-corrected chi connectivity index (χ4v) is 5.89. The van der Waals surface area contributed by atoms with E-state index in [0.717, 1.165) is 29.8 Å². The van der Waals surface area contributed by atoms with Crippen molar-refractivity contribution in [2.24, 2.45) is 13.0 Å². The van der Waals surface area contributed by atoms with E-state index in [1.807, 2.05) is 11.8 Å². The zero-order valence-electron chi connectivity index (χ0n) is 26.8. The van der Waals surface area contributed by atoms with Gasteiger partial charge in [0.15, 0.2) is 0 Å². The Bertz CT molecular complexity index is 1540. The lowest BCUT2D eigenvalue weighted by molar-refractivity contribution is -0.274. The van der Waals surface area contributed by atoms with E-state index < -0.39 is 47.7 Å². The number of tetrazole rings is 1. The van der Waals surface area contributed by atoms with E-state index in [1.54, 1.807) is 0 Å². The number of hydrogen-bond donors (Lipinski definition) is 0. The maximum Gasteiger partial charge on any atom is 0.573 e. The van der Waals surface area contributed by atoms with Crippen LogP contribution in [0.2, 0.25) is 0 Å². The summed E-state index contributed by atoms with van der Waals surface area (Å²) in [6, 6.07) is 4.84. The molecule has 1 aliphatic rings. The zero-order valence-corrected chi connectivity index (χ0v) is 26.8. The summed E-state index contributed by atoms with van der Waals surface area (Å²) in [7, 11) is 1.39. The van der Waals surface area contributed by atoms with Crippen molar-refractivity contribution in [2.75, 3.05) is 22.9 Å². The molecule has 0 bridgehead atoms. The Balaban J connectivity index is 1.74. The average Bonchev–Trinajstić information content (AvgIpc) is 3.42. The van der Waals surface area contributed by atoms with Gasteiger partial charge in [0.2, 0.25) is 0 Å². The number of ether oxygens (including phenoxy) is 2. The Labute approximate surface area is 275 Å². The van der Waals surface area contributed by atoms with Crippen LogP contribution < -0.4 is 14.5 Å². The third-order valence-corrected chi connectivity index (χ3v) is 7.89. The minimum atomic E-state index is -5.10. The van der Waals surface area contributed by atoms with E-state index in [0.29, 0.717) is 50.2 Å². The molecule has 18 heteroatoms. The number of carbonyl (C=O) groups excluding carboxylic acids is 1. The van der Waals surface area contributed by atoms with Crippen molar-refractivity contribution in [1.82, 2.24) is 20.2 Å². The van der Waals surface area contributed by atoms with E-state index in [2.05, 4.69) is 20.1 Å². The number of carbonyl (C=O) groups is 1. The molecule has 0 aliphatic heterocycles. The number of aryl methyl sites for hydroxylation is 1. The Morgan fingerprint density at radius 1 is 0.898 bits per heavy atom. The molecule has 1 saturated carbocycles. The second-order valence-electron chi connectivity index (χ2n) is 11.9. The molecule has 4 rings (SSSR count).